The quantitative estimate of drug-likeness (QED) is 0.185. The summed E-state index contributed by atoms with van der Waals surface area (Å²) in [6.07, 6.45) is 0. The molecule has 0 spiro atoms. The van der Waals surface area contributed by atoms with Crippen LogP contribution in [0.1, 0.15) is 0 Å². The fourth-order valence-electron chi connectivity index (χ4n) is 7.72. The Morgan fingerprint density at radius 3 is 1.57 bits per heavy atom. The Morgan fingerprint density at radius 1 is 0.319 bits per heavy atom. The minimum Gasteiger partial charge on any atom is -0.455 e. The van der Waals surface area contributed by atoms with Gasteiger partial charge in [-0.1, -0.05) is 146 Å². The van der Waals surface area contributed by atoms with Crippen molar-refractivity contribution in [1.82, 2.24) is 0 Å². The van der Waals surface area contributed by atoms with E-state index < -0.39 is 0 Å². The molecule has 0 bridgehead atoms. The molecular formula is C46H28O. The lowest BCUT2D eigenvalue weighted by molar-refractivity contribution is 0.670. The molecule has 10 rings (SSSR count). The average molecular weight is 597 g/mol. The Hall–Kier alpha value is -6.18. The lowest BCUT2D eigenvalue weighted by atomic mass is 9.84. The van der Waals surface area contributed by atoms with Gasteiger partial charge >= 0.3 is 0 Å². The molecule has 10 aromatic rings. The summed E-state index contributed by atoms with van der Waals surface area (Å²) < 4.78 is 6.72. The summed E-state index contributed by atoms with van der Waals surface area (Å²) in [5.41, 5.74) is 9.01. The molecule has 0 aliphatic rings. The third-order valence-corrected chi connectivity index (χ3v) is 9.80. The van der Waals surface area contributed by atoms with Crippen LogP contribution in [0, 0.1) is 0 Å². The summed E-state index contributed by atoms with van der Waals surface area (Å²) in [7, 11) is 0. The van der Waals surface area contributed by atoms with E-state index in [2.05, 4.69) is 170 Å². The van der Waals surface area contributed by atoms with Crippen LogP contribution in [0.25, 0.3) is 98.4 Å². The van der Waals surface area contributed by atoms with Gasteiger partial charge < -0.3 is 4.42 Å². The maximum Gasteiger partial charge on any atom is 0.143 e. The van der Waals surface area contributed by atoms with Crippen molar-refractivity contribution in [3.8, 4) is 33.4 Å². The molecule has 1 heterocycles. The summed E-state index contributed by atoms with van der Waals surface area (Å²) >= 11 is 0. The van der Waals surface area contributed by atoms with Crippen LogP contribution >= 0.6 is 0 Å². The van der Waals surface area contributed by atoms with Gasteiger partial charge in [-0.05, 0) is 95.2 Å². The first-order valence-corrected chi connectivity index (χ1v) is 16.2. The van der Waals surface area contributed by atoms with Crippen LogP contribution in [0.5, 0.6) is 0 Å². The number of hydrogen-bond donors (Lipinski definition) is 0. The normalized spacial score (nSPS) is 11.8. The first-order chi connectivity index (χ1) is 23.3. The van der Waals surface area contributed by atoms with Crippen molar-refractivity contribution in [2.45, 2.75) is 0 Å². The average Bonchev–Trinajstić information content (AvgIpc) is 3.53. The van der Waals surface area contributed by atoms with E-state index in [4.69, 9.17) is 4.42 Å². The molecule has 0 radical (unpaired) electrons. The second kappa shape index (κ2) is 10.2. The van der Waals surface area contributed by atoms with Gasteiger partial charge in [-0.2, -0.15) is 0 Å². The second-order valence-electron chi connectivity index (χ2n) is 12.4. The van der Waals surface area contributed by atoms with Crippen LogP contribution in [-0.4, -0.2) is 0 Å². The first kappa shape index (κ1) is 26.1. The molecule has 0 saturated heterocycles. The highest BCUT2D eigenvalue weighted by Gasteiger charge is 2.21. The fourth-order valence-corrected chi connectivity index (χ4v) is 7.72. The van der Waals surface area contributed by atoms with E-state index in [1.54, 1.807) is 0 Å². The summed E-state index contributed by atoms with van der Waals surface area (Å²) in [6, 6.07) is 61.6. The van der Waals surface area contributed by atoms with Crippen molar-refractivity contribution in [2.24, 2.45) is 0 Å². The summed E-state index contributed by atoms with van der Waals surface area (Å²) in [4.78, 5) is 0. The maximum atomic E-state index is 6.72. The molecule has 0 amide bonds. The van der Waals surface area contributed by atoms with Crippen molar-refractivity contribution >= 4 is 65.0 Å². The minimum atomic E-state index is 0.911. The third kappa shape index (κ3) is 3.97. The fraction of sp³-hybridized carbons (Fsp3) is 0. The molecule has 0 N–H and O–H groups in total. The van der Waals surface area contributed by atoms with Gasteiger partial charge in [0.15, 0.2) is 0 Å². The summed E-state index contributed by atoms with van der Waals surface area (Å²) in [5.74, 6) is 0. The third-order valence-electron chi connectivity index (χ3n) is 9.80. The Bertz CT molecular complexity index is 2780. The van der Waals surface area contributed by atoms with E-state index in [9.17, 15) is 0 Å². The molecule has 1 heteroatoms. The number of fused-ring (bicyclic) bond motifs is 8. The van der Waals surface area contributed by atoms with Gasteiger partial charge in [-0.3, -0.25) is 0 Å². The zero-order valence-electron chi connectivity index (χ0n) is 25.6. The van der Waals surface area contributed by atoms with Gasteiger partial charge in [0.1, 0.15) is 11.2 Å². The molecule has 0 atom stereocenters. The van der Waals surface area contributed by atoms with E-state index in [0.717, 1.165) is 27.7 Å². The van der Waals surface area contributed by atoms with Crippen LogP contribution in [0.4, 0.5) is 0 Å². The Balaban J connectivity index is 1.35. The van der Waals surface area contributed by atoms with E-state index in [1.807, 2.05) is 0 Å². The number of benzene rings is 9. The van der Waals surface area contributed by atoms with Crippen molar-refractivity contribution in [2.75, 3.05) is 0 Å². The standard InChI is InChI=1S/C46H28O/c1-2-13-30(14-3-1)40-27-34(28-41-45-35-17-7-6-15-31(35)24-25-42(45)47-46(40)41)44-38-20-10-8-18-36(38)43(37-19-9-11-21-39(37)44)33-23-22-29-12-4-5-16-32(29)26-33/h1-28H. The smallest absolute Gasteiger partial charge is 0.143 e. The van der Waals surface area contributed by atoms with E-state index in [0.29, 0.717) is 0 Å². The predicted molar refractivity (Wildman–Crippen MR) is 200 cm³/mol. The van der Waals surface area contributed by atoms with E-state index >= 15 is 0 Å². The SMILES string of the molecule is c1ccc(-c2cc(-c3c4ccccc4c(-c4ccc5ccccc5c4)c4ccccc34)cc3c2oc2ccc4ccccc4c23)cc1. The predicted octanol–water partition coefficient (Wildman–Crippen LogP) is 13.2. The van der Waals surface area contributed by atoms with Crippen molar-refractivity contribution in [3.05, 3.63) is 170 Å². The van der Waals surface area contributed by atoms with Crippen LogP contribution < -0.4 is 0 Å². The van der Waals surface area contributed by atoms with Gasteiger partial charge in [-0.15, -0.1) is 0 Å². The molecule has 47 heavy (non-hydrogen) atoms. The molecule has 0 unspecified atom stereocenters. The van der Waals surface area contributed by atoms with Crippen LogP contribution in [0.15, 0.2) is 174 Å². The number of furan rings is 1. The zero-order valence-corrected chi connectivity index (χ0v) is 25.6. The van der Waals surface area contributed by atoms with Crippen LogP contribution in [-0.2, 0) is 0 Å². The summed E-state index contributed by atoms with van der Waals surface area (Å²) in [5, 5.41) is 12.2. The maximum absolute atomic E-state index is 6.72. The Kier molecular flexibility index (Phi) is 5.64. The molecule has 0 aliphatic carbocycles. The molecule has 0 aliphatic heterocycles. The van der Waals surface area contributed by atoms with Crippen molar-refractivity contribution < 1.29 is 4.42 Å². The topological polar surface area (TPSA) is 13.1 Å². The zero-order chi connectivity index (χ0) is 30.9. The Labute approximate surface area is 271 Å². The highest BCUT2D eigenvalue weighted by atomic mass is 16.3. The van der Waals surface area contributed by atoms with Gasteiger partial charge in [0, 0.05) is 16.3 Å². The lowest BCUT2D eigenvalue weighted by Crippen LogP contribution is -1.92. The molecule has 218 valence electrons. The van der Waals surface area contributed by atoms with Crippen LogP contribution in [0.2, 0.25) is 0 Å². The van der Waals surface area contributed by atoms with Gasteiger partial charge in [0.25, 0.3) is 0 Å². The summed E-state index contributed by atoms with van der Waals surface area (Å²) in [6.45, 7) is 0. The molecule has 0 fully saturated rings. The lowest BCUT2D eigenvalue weighted by Gasteiger charge is -2.19. The van der Waals surface area contributed by atoms with Crippen molar-refractivity contribution in [1.29, 1.82) is 0 Å². The molecular weight excluding hydrogens is 569 g/mol. The number of hydrogen-bond acceptors (Lipinski definition) is 1. The van der Waals surface area contributed by atoms with Gasteiger partial charge in [0.05, 0.1) is 0 Å². The minimum absolute atomic E-state index is 0.911. The molecule has 9 aromatic carbocycles. The van der Waals surface area contributed by atoms with E-state index in [1.165, 1.54) is 70.7 Å². The molecule has 1 nitrogen and oxygen atoms in total. The highest BCUT2D eigenvalue weighted by Crippen LogP contribution is 2.47. The molecule has 0 saturated carbocycles. The number of rotatable bonds is 3. The van der Waals surface area contributed by atoms with Crippen molar-refractivity contribution in [3.63, 3.8) is 0 Å². The van der Waals surface area contributed by atoms with E-state index in [-0.39, 0.29) is 0 Å². The molecule has 1 aromatic heterocycles. The Morgan fingerprint density at radius 2 is 0.872 bits per heavy atom. The monoisotopic (exact) mass is 596 g/mol. The second-order valence-corrected chi connectivity index (χ2v) is 12.4. The van der Waals surface area contributed by atoms with Crippen LogP contribution in [0.3, 0.4) is 0 Å². The van der Waals surface area contributed by atoms with Gasteiger partial charge in [0.2, 0.25) is 0 Å². The highest BCUT2D eigenvalue weighted by molar-refractivity contribution is 6.25. The van der Waals surface area contributed by atoms with Gasteiger partial charge in [-0.25, -0.2) is 0 Å². The first-order valence-electron chi connectivity index (χ1n) is 16.2. The largest absolute Gasteiger partial charge is 0.455 e.